The molecule has 3 rings (SSSR count). The lowest BCUT2D eigenvalue weighted by atomic mass is 9.68. The molecule has 0 saturated carbocycles. The van der Waals surface area contributed by atoms with Crippen LogP contribution in [0.2, 0.25) is 0 Å². The Balaban J connectivity index is 2.24. The second-order valence-corrected chi connectivity index (χ2v) is 9.08. The van der Waals surface area contributed by atoms with E-state index in [9.17, 15) is 29.7 Å². The van der Waals surface area contributed by atoms with Gasteiger partial charge in [0.05, 0.1) is 5.69 Å². The molecule has 0 aliphatic heterocycles. The van der Waals surface area contributed by atoms with Crippen LogP contribution in [-0.2, 0) is 27.3 Å². The highest BCUT2D eigenvalue weighted by atomic mass is 127. The molecule has 1 atom stereocenters. The van der Waals surface area contributed by atoms with Gasteiger partial charge in [0.15, 0.2) is 0 Å². The number of aliphatic carboxylic acids is 3. The van der Waals surface area contributed by atoms with Crippen molar-refractivity contribution in [1.29, 1.82) is 0 Å². The Morgan fingerprint density at radius 3 is 2.20 bits per heavy atom. The minimum absolute atomic E-state index is 0.00557. The maximum absolute atomic E-state index is 12.1. The summed E-state index contributed by atoms with van der Waals surface area (Å²) >= 11 is 2.20. The molecule has 3 N–H and O–H groups in total. The van der Waals surface area contributed by atoms with Crippen LogP contribution in [0.1, 0.15) is 61.3 Å². The number of carboxylic acid groups (broad SMARTS) is 3. The number of fused-ring (bicyclic) bond motifs is 1. The number of hydrogen-bond donors (Lipinski definition) is 3. The third kappa shape index (κ3) is 3.59. The second kappa shape index (κ2) is 8.37. The first kappa shape index (κ1) is 22.3. The van der Waals surface area contributed by atoms with Crippen molar-refractivity contribution in [3.05, 3.63) is 50.6 Å². The molecule has 8 nitrogen and oxygen atoms in total. The molecule has 1 heterocycles. The van der Waals surface area contributed by atoms with Crippen LogP contribution in [-0.4, -0.2) is 42.8 Å². The molecule has 160 valence electrons. The first-order valence-electron chi connectivity index (χ1n) is 9.64. The van der Waals surface area contributed by atoms with Crippen molar-refractivity contribution >= 4 is 40.5 Å². The van der Waals surface area contributed by atoms with Crippen LogP contribution in [0.3, 0.4) is 0 Å². The van der Waals surface area contributed by atoms with Gasteiger partial charge in [0.2, 0.25) is 0 Å². The highest BCUT2D eigenvalue weighted by molar-refractivity contribution is 14.1. The standard InChI is InChI=1S/C21H23IN2O6/c1-11(2)17-23-15-5-3-4-14(21(18(25)26,19(27)28)20(29)30)16(15)24(17)10-12-6-8-13(22)9-7-12/h6-9,11,14H,3-5,10H2,1-2H3,(H,25,26)(H,27,28)(H,29,30). The summed E-state index contributed by atoms with van der Waals surface area (Å²) in [6.45, 7) is 4.26. The van der Waals surface area contributed by atoms with E-state index < -0.39 is 29.2 Å². The van der Waals surface area contributed by atoms with Gasteiger partial charge in [-0.2, -0.15) is 0 Å². The molecule has 1 aromatic heterocycles. The molecule has 2 aromatic rings. The van der Waals surface area contributed by atoms with E-state index >= 15 is 0 Å². The summed E-state index contributed by atoms with van der Waals surface area (Å²) in [4.78, 5) is 40.9. The SMILES string of the molecule is CC(C)c1nc2c(n1Cc1ccc(I)cc1)C(C(C(=O)O)(C(=O)O)C(=O)O)CCC2. The second-order valence-electron chi connectivity index (χ2n) is 7.84. The van der Waals surface area contributed by atoms with Gasteiger partial charge in [0.25, 0.3) is 5.41 Å². The fourth-order valence-electron chi connectivity index (χ4n) is 4.24. The van der Waals surface area contributed by atoms with Gasteiger partial charge in [-0.15, -0.1) is 0 Å². The van der Waals surface area contributed by atoms with Crippen LogP contribution in [0.15, 0.2) is 24.3 Å². The first-order chi connectivity index (χ1) is 14.1. The molecule has 1 unspecified atom stereocenters. The van der Waals surface area contributed by atoms with Crippen LogP contribution >= 0.6 is 22.6 Å². The number of aromatic nitrogens is 2. The van der Waals surface area contributed by atoms with Crippen LogP contribution in [0.25, 0.3) is 0 Å². The zero-order valence-electron chi connectivity index (χ0n) is 16.6. The molecule has 30 heavy (non-hydrogen) atoms. The van der Waals surface area contributed by atoms with Gasteiger partial charge >= 0.3 is 17.9 Å². The predicted octanol–water partition coefficient (Wildman–Crippen LogP) is 3.32. The number of rotatable bonds is 7. The van der Waals surface area contributed by atoms with E-state index in [1.54, 1.807) is 0 Å². The molecule has 1 aromatic carbocycles. The average Bonchev–Trinajstić information content (AvgIpc) is 3.03. The Morgan fingerprint density at radius 1 is 1.13 bits per heavy atom. The number of nitrogens with zero attached hydrogens (tertiary/aromatic N) is 2. The zero-order chi connectivity index (χ0) is 22.2. The van der Waals surface area contributed by atoms with Gasteiger partial charge in [-0.25, -0.2) is 4.98 Å². The van der Waals surface area contributed by atoms with Gasteiger partial charge in [0, 0.05) is 27.6 Å². The highest BCUT2D eigenvalue weighted by Gasteiger charge is 2.62. The summed E-state index contributed by atoms with van der Waals surface area (Å²) in [7, 11) is 0. The maximum Gasteiger partial charge on any atom is 0.333 e. The van der Waals surface area contributed by atoms with Crippen molar-refractivity contribution in [1.82, 2.24) is 9.55 Å². The van der Waals surface area contributed by atoms with Gasteiger partial charge < -0.3 is 19.9 Å². The fourth-order valence-corrected chi connectivity index (χ4v) is 4.60. The van der Waals surface area contributed by atoms with Gasteiger partial charge in [-0.1, -0.05) is 26.0 Å². The molecule has 0 amide bonds. The Kier molecular flexibility index (Phi) is 6.21. The summed E-state index contributed by atoms with van der Waals surface area (Å²) < 4.78 is 2.89. The van der Waals surface area contributed by atoms with Gasteiger partial charge in [-0.3, -0.25) is 14.4 Å². The van der Waals surface area contributed by atoms with E-state index in [-0.39, 0.29) is 12.3 Å². The summed E-state index contributed by atoms with van der Waals surface area (Å²) in [5.41, 5.74) is -1.02. The maximum atomic E-state index is 12.1. The molecule has 0 radical (unpaired) electrons. The number of aryl methyl sites for hydroxylation is 1. The van der Waals surface area contributed by atoms with Gasteiger partial charge in [0.1, 0.15) is 5.82 Å². The van der Waals surface area contributed by atoms with Crippen molar-refractivity contribution in [2.24, 2.45) is 5.41 Å². The smallest absolute Gasteiger partial charge is 0.333 e. The van der Waals surface area contributed by atoms with E-state index in [1.807, 2.05) is 42.7 Å². The largest absolute Gasteiger partial charge is 0.480 e. The molecular weight excluding hydrogens is 503 g/mol. The van der Waals surface area contributed by atoms with Crippen molar-refractivity contribution in [2.75, 3.05) is 0 Å². The third-order valence-corrected chi connectivity index (χ3v) is 6.37. The Labute approximate surface area is 187 Å². The van der Waals surface area contributed by atoms with Crippen molar-refractivity contribution < 1.29 is 29.7 Å². The van der Waals surface area contributed by atoms with Crippen LogP contribution in [0.4, 0.5) is 0 Å². The number of benzene rings is 1. The summed E-state index contributed by atoms with van der Waals surface area (Å²) in [5.74, 6) is -6.14. The monoisotopic (exact) mass is 526 g/mol. The van der Waals surface area contributed by atoms with Crippen molar-refractivity contribution in [2.45, 2.75) is 51.5 Å². The normalized spacial score (nSPS) is 16.3. The zero-order valence-corrected chi connectivity index (χ0v) is 18.8. The molecule has 0 bridgehead atoms. The number of halogens is 1. The minimum atomic E-state index is -2.97. The minimum Gasteiger partial charge on any atom is -0.480 e. The summed E-state index contributed by atoms with van der Waals surface area (Å²) in [6, 6.07) is 7.77. The average molecular weight is 526 g/mol. The Bertz CT molecular complexity index is 960. The van der Waals surface area contributed by atoms with E-state index in [0.717, 1.165) is 9.13 Å². The van der Waals surface area contributed by atoms with E-state index in [4.69, 9.17) is 0 Å². The highest BCUT2D eigenvalue weighted by Crippen LogP contribution is 2.46. The molecule has 1 aliphatic rings. The summed E-state index contributed by atoms with van der Waals surface area (Å²) in [5, 5.41) is 29.3. The lowest BCUT2D eigenvalue weighted by Crippen LogP contribution is -2.52. The molecular formula is C21H23IN2O6. The van der Waals surface area contributed by atoms with Crippen LogP contribution in [0, 0.1) is 8.99 Å². The lowest BCUT2D eigenvalue weighted by molar-refractivity contribution is -0.178. The number of carboxylic acids is 3. The Morgan fingerprint density at radius 2 is 1.70 bits per heavy atom. The molecule has 0 saturated heterocycles. The molecule has 0 fully saturated rings. The predicted molar refractivity (Wildman–Crippen MR) is 116 cm³/mol. The van der Waals surface area contributed by atoms with Crippen molar-refractivity contribution in [3.8, 4) is 0 Å². The summed E-state index contributed by atoms with van der Waals surface area (Å²) in [6.07, 6.45) is 1.18. The molecule has 9 heteroatoms. The van der Waals surface area contributed by atoms with E-state index in [0.29, 0.717) is 36.6 Å². The van der Waals surface area contributed by atoms with E-state index in [1.165, 1.54) is 0 Å². The van der Waals surface area contributed by atoms with Crippen LogP contribution in [0.5, 0.6) is 0 Å². The van der Waals surface area contributed by atoms with Crippen molar-refractivity contribution in [3.63, 3.8) is 0 Å². The third-order valence-electron chi connectivity index (χ3n) is 5.65. The first-order valence-corrected chi connectivity index (χ1v) is 10.7. The van der Waals surface area contributed by atoms with E-state index in [2.05, 4.69) is 27.6 Å². The number of hydrogen-bond acceptors (Lipinski definition) is 4. The fraction of sp³-hybridized carbons (Fsp3) is 0.429. The number of carbonyl (C=O) groups is 3. The number of imidazole rings is 1. The van der Waals surface area contributed by atoms with Gasteiger partial charge in [-0.05, 0) is 59.5 Å². The lowest BCUT2D eigenvalue weighted by Gasteiger charge is -2.33. The molecule has 1 aliphatic carbocycles. The topological polar surface area (TPSA) is 130 Å². The molecule has 0 spiro atoms. The van der Waals surface area contributed by atoms with Crippen LogP contribution < -0.4 is 0 Å². The Hall–Kier alpha value is -2.43. The quantitative estimate of drug-likeness (QED) is 0.373.